The molecule has 6 nitrogen and oxygen atoms in total. The summed E-state index contributed by atoms with van der Waals surface area (Å²) >= 11 is 0. The molecular formula is C20H32N4O2. The van der Waals surface area contributed by atoms with Crippen LogP contribution in [-0.4, -0.2) is 23.2 Å². The van der Waals surface area contributed by atoms with Crippen LogP contribution in [0.1, 0.15) is 89.9 Å². The Labute approximate surface area is 156 Å². The Morgan fingerprint density at radius 2 is 0.962 bits per heavy atom. The highest BCUT2D eigenvalue weighted by molar-refractivity contribution is 6.08. The van der Waals surface area contributed by atoms with Crippen molar-refractivity contribution < 1.29 is 9.59 Å². The van der Waals surface area contributed by atoms with Gasteiger partial charge in [0.1, 0.15) is 0 Å². The van der Waals surface area contributed by atoms with E-state index < -0.39 is 0 Å². The third kappa shape index (κ3) is 5.15. The first-order valence-electron chi connectivity index (χ1n) is 10.5. The predicted molar refractivity (Wildman–Crippen MR) is 103 cm³/mol. The van der Waals surface area contributed by atoms with Crippen molar-refractivity contribution in [3.63, 3.8) is 0 Å². The van der Waals surface area contributed by atoms with Gasteiger partial charge in [0.15, 0.2) is 0 Å². The number of carbonyl (C=O) groups is 2. The first-order chi connectivity index (χ1) is 12.8. The standard InChI is InChI=1S/C20H32N4O2/c25-19-15-11-7-3-1-5-9-13-17-16(20(26)24-21-17)12-8-4-2-6-10-14-18(15)22-23-19/h15-16H,1-14H2,(H,23,25)(H,24,26)/t15-,16-/m0/s1. The average Bonchev–Trinajstić information content (AvgIpc) is 3.16. The molecule has 1 aliphatic carbocycles. The van der Waals surface area contributed by atoms with Gasteiger partial charge in [0.25, 0.3) is 0 Å². The molecule has 0 unspecified atom stereocenters. The van der Waals surface area contributed by atoms with Crippen LogP contribution < -0.4 is 10.9 Å². The lowest BCUT2D eigenvalue weighted by molar-refractivity contribution is -0.123. The number of amides is 2. The van der Waals surface area contributed by atoms with Gasteiger partial charge in [-0.15, -0.1) is 0 Å². The summed E-state index contributed by atoms with van der Waals surface area (Å²) in [6.45, 7) is 0. The Morgan fingerprint density at radius 1 is 0.577 bits per heavy atom. The van der Waals surface area contributed by atoms with Crippen LogP contribution in [0.4, 0.5) is 0 Å². The van der Waals surface area contributed by atoms with E-state index in [4.69, 9.17) is 0 Å². The van der Waals surface area contributed by atoms with Gasteiger partial charge in [0.05, 0.1) is 23.3 Å². The van der Waals surface area contributed by atoms with Crippen LogP contribution in [0.3, 0.4) is 0 Å². The minimum atomic E-state index is 0.0135. The highest BCUT2D eigenvalue weighted by Gasteiger charge is 2.29. The quantitative estimate of drug-likeness (QED) is 0.691. The highest BCUT2D eigenvalue weighted by atomic mass is 16.2. The molecule has 2 amide bonds. The minimum Gasteiger partial charge on any atom is -0.272 e. The average molecular weight is 361 g/mol. The van der Waals surface area contributed by atoms with E-state index in [-0.39, 0.29) is 23.7 Å². The second kappa shape index (κ2) is 9.83. The molecule has 0 saturated heterocycles. The van der Waals surface area contributed by atoms with E-state index in [1.54, 1.807) is 0 Å². The maximum Gasteiger partial charge on any atom is 0.248 e. The predicted octanol–water partition coefficient (Wildman–Crippen LogP) is 3.67. The van der Waals surface area contributed by atoms with Crippen LogP contribution in [0.2, 0.25) is 0 Å². The molecular weight excluding hydrogens is 328 g/mol. The number of hydrazone groups is 2. The van der Waals surface area contributed by atoms with E-state index >= 15 is 0 Å². The van der Waals surface area contributed by atoms with E-state index in [1.807, 2.05) is 0 Å². The van der Waals surface area contributed by atoms with Crippen LogP contribution in [0, 0.1) is 11.8 Å². The summed E-state index contributed by atoms with van der Waals surface area (Å²) < 4.78 is 0. The summed E-state index contributed by atoms with van der Waals surface area (Å²) in [5, 5.41) is 8.55. The lowest BCUT2D eigenvalue weighted by atomic mass is 9.90. The molecule has 0 aromatic carbocycles. The normalized spacial score (nSPS) is 29.4. The number of fused-ring (bicyclic) bond motifs is 2. The lowest BCUT2D eigenvalue weighted by Crippen LogP contribution is -2.23. The van der Waals surface area contributed by atoms with Crippen molar-refractivity contribution in [1.82, 2.24) is 10.9 Å². The molecule has 144 valence electrons. The molecule has 2 heterocycles. The lowest BCUT2D eigenvalue weighted by Gasteiger charge is -2.12. The molecule has 0 spiro atoms. The maximum atomic E-state index is 12.0. The number of nitrogens with one attached hydrogen (secondary N) is 2. The number of hydrogen-bond acceptors (Lipinski definition) is 4. The minimum absolute atomic E-state index is 0.0135. The summed E-state index contributed by atoms with van der Waals surface area (Å²) in [6.07, 6.45) is 15.1. The zero-order valence-corrected chi connectivity index (χ0v) is 15.8. The molecule has 0 aromatic rings. The third-order valence-corrected chi connectivity index (χ3v) is 5.91. The number of hydrogen-bond donors (Lipinski definition) is 2. The summed E-state index contributed by atoms with van der Waals surface area (Å²) in [5.41, 5.74) is 7.49. The first kappa shape index (κ1) is 19.1. The molecule has 2 aliphatic heterocycles. The van der Waals surface area contributed by atoms with Gasteiger partial charge < -0.3 is 0 Å². The topological polar surface area (TPSA) is 82.9 Å². The van der Waals surface area contributed by atoms with E-state index in [0.29, 0.717) is 0 Å². The molecule has 3 rings (SSSR count). The van der Waals surface area contributed by atoms with E-state index in [9.17, 15) is 9.59 Å². The molecule has 2 N–H and O–H groups in total. The summed E-state index contributed by atoms with van der Waals surface area (Å²) in [6, 6.07) is 0. The van der Waals surface area contributed by atoms with Crippen molar-refractivity contribution >= 4 is 23.2 Å². The zero-order valence-electron chi connectivity index (χ0n) is 15.8. The molecule has 1 saturated carbocycles. The Morgan fingerprint density at radius 3 is 1.42 bits per heavy atom. The number of carbonyl (C=O) groups excluding carboxylic acids is 2. The fraction of sp³-hybridized carbons (Fsp3) is 0.800. The molecule has 6 heteroatoms. The number of nitrogens with zero attached hydrogens (tertiary/aromatic N) is 2. The molecule has 0 radical (unpaired) electrons. The van der Waals surface area contributed by atoms with Gasteiger partial charge in [-0.3, -0.25) is 9.59 Å². The van der Waals surface area contributed by atoms with E-state index in [2.05, 4.69) is 21.1 Å². The highest BCUT2D eigenvalue weighted by Crippen LogP contribution is 2.23. The smallest absolute Gasteiger partial charge is 0.248 e. The summed E-state index contributed by atoms with van der Waals surface area (Å²) in [4.78, 5) is 24.0. The fourth-order valence-electron chi connectivity index (χ4n) is 4.29. The molecule has 0 bridgehead atoms. The van der Waals surface area contributed by atoms with Crippen LogP contribution >= 0.6 is 0 Å². The van der Waals surface area contributed by atoms with Gasteiger partial charge in [-0.25, -0.2) is 10.9 Å². The third-order valence-electron chi connectivity index (χ3n) is 5.91. The molecule has 0 aromatic heterocycles. The Kier molecular flexibility index (Phi) is 7.21. The summed E-state index contributed by atoms with van der Waals surface area (Å²) in [7, 11) is 0. The molecule has 2 atom stereocenters. The zero-order chi connectivity index (χ0) is 18.2. The van der Waals surface area contributed by atoms with Gasteiger partial charge >= 0.3 is 0 Å². The van der Waals surface area contributed by atoms with Crippen molar-refractivity contribution in [3.8, 4) is 0 Å². The molecule has 3 aliphatic rings. The van der Waals surface area contributed by atoms with Crippen molar-refractivity contribution in [2.75, 3.05) is 0 Å². The SMILES string of the molecule is O=C1NN=C2CCCCCCC[C@@H]3C(=O)NN=C3CCCCCCC[C@H]12. The Hall–Kier alpha value is -1.72. The van der Waals surface area contributed by atoms with Crippen molar-refractivity contribution in [2.24, 2.45) is 22.0 Å². The van der Waals surface area contributed by atoms with Crippen molar-refractivity contribution in [1.29, 1.82) is 0 Å². The van der Waals surface area contributed by atoms with Gasteiger partial charge in [0, 0.05) is 0 Å². The van der Waals surface area contributed by atoms with Crippen LogP contribution in [-0.2, 0) is 9.59 Å². The first-order valence-corrected chi connectivity index (χ1v) is 10.5. The maximum absolute atomic E-state index is 12.0. The summed E-state index contributed by atoms with van der Waals surface area (Å²) in [5.74, 6) is 0.216. The van der Waals surface area contributed by atoms with Gasteiger partial charge in [-0.2, -0.15) is 10.2 Å². The van der Waals surface area contributed by atoms with Crippen molar-refractivity contribution in [3.05, 3.63) is 0 Å². The van der Waals surface area contributed by atoms with Crippen LogP contribution in [0.25, 0.3) is 0 Å². The molecule has 26 heavy (non-hydrogen) atoms. The second-order valence-electron chi connectivity index (χ2n) is 7.88. The Balaban J connectivity index is 1.50. The van der Waals surface area contributed by atoms with Crippen LogP contribution in [0.5, 0.6) is 0 Å². The van der Waals surface area contributed by atoms with Gasteiger partial charge in [-0.1, -0.05) is 51.4 Å². The largest absolute Gasteiger partial charge is 0.272 e. The number of rotatable bonds is 0. The van der Waals surface area contributed by atoms with Gasteiger partial charge in [-0.05, 0) is 38.5 Å². The van der Waals surface area contributed by atoms with Gasteiger partial charge in [0.2, 0.25) is 11.8 Å². The Bertz CT molecular complexity index is 520. The van der Waals surface area contributed by atoms with Crippen LogP contribution in [0.15, 0.2) is 10.2 Å². The van der Waals surface area contributed by atoms with E-state index in [0.717, 1.165) is 88.5 Å². The second-order valence-corrected chi connectivity index (χ2v) is 7.88. The fourth-order valence-corrected chi connectivity index (χ4v) is 4.29. The van der Waals surface area contributed by atoms with E-state index in [1.165, 1.54) is 12.8 Å². The monoisotopic (exact) mass is 360 g/mol. The van der Waals surface area contributed by atoms with Crippen molar-refractivity contribution in [2.45, 2.75) is 89.9 Å². The molecule has 1 fully saturated rings.